The molecule has 1 saturated heterocycles. The van der Waals surface area contributed by atoms with Gasteiger partial charge in [-0.15, -0.1) is 0 Å². The minimum absolute atomic E-state index is 0.205. The van der Waals surface area contributed by atoms with Crippen molar-refractivity contribution in [2.24, 2.45) is 5.92 Å². The number of nitrogens with zero attached hydrogens (tertiary/aromatic N) is 1. The highest BCUT2D eigenvalue weighted by atomic mass is 19.1. The van der Waals surface area contributed by atoms with Gasteiger partial charge in [-0.2, -0.15) is 0 Å². The summed E-state index contributed by atoms with van der Waals surface area (Å²) in [5.41, 5.74) is 1.26. The van der Waals surface area contributed by atoms with Crippen molar-refractivity contribution in [3.8, 4) is 0 Å². The van der Waals surface area contributed by atoms with Crippen molar-refractivity contribution in [3.63, 3.8) is 0 Å². The van der Waals surface area contributed by atoms with Crippen molar-refractivity contribution < 1.29 is 14.6 Å². The monoisotopic (exact) mass is 282 g/mol. The number of rotatable bonds is 5. The van der Waals surface area contributed by atoms with Gasteiger partial charge in [-0.1, -0.05) is 6.92 Å². The number of hydrogen-bond donors (Lipinski definition) is 3. The first-order valence-electron chi connectivity index (χ1n) is 7.17. The van der Waals surface area contributed by atoms with E-state index in [1.54, 1.807) is 12.1 Å². The summed E-state index contributed by atoms with van der Waals surface area (Å²) in [6, 6.07) is 5.02. The van der Waals surface area contributed by atoms with Crippen LogP contribution in [0.2, 0.25) is 0 Å². The Balaban J connectivity index is 1.98. The molecule has 5 heteroatoms. The Morgan fingerprint density at radius 3 is 2.70 bits per heavy atom. The van der Waals surface area contributed by atoms with Gasteiger partial charge in [-0.25, -0.2) is 4.39 Å². The molecule has 20 heavy (non-hydrogen) atoms. The van der Waals surface area contributed by atoms with Crippen LogP contribution in [0.1, 0.15) is 19.8 Å². The average Bonchev–Trinajstić information content (AvgIpc) is 2.46. The van der Waals surface area contributed by atoms with E-state index in [9.17, 15) is 9.50 Å². The molecule has 1 aliphatic heterocycles. The fourth-order valence-corrected chi connectivity index (χ4v) is 2.42. The molecule has 0 saturated carbocycles. The minimum Gasteiger partial charge on any atom is -0.394 e. The standard InChI is InChI=1S/C15H23FN2O2/c1-11-4-6-18(7-5-11)15-3-2-12(8-14(15)16)17-9-13(20)10-19/h2-3,8,11,13,17,19-20H,4-7,9-10H2,1H3. The summed E-state index contributed by atoms with van der Waals surface area (Å²) in [7, 11) is 0. The maximum Gasteiger partial charge on any atom is 0.148 e. The van der Waals surface area contributed by atoms with Gasteiger partial charge < -0.3 is 20.4 Å². The molecule has 1 heterocycles. The van der Waals surface area contributed by atoms with E-state index in [4.69, 9.17) is 5.11 Å². The van der Waals surface area contributed by atoms with E-state index < -0.39 is 6.10 Å². The molecule has 1 aromatic carbocycles. The van der Waals surface area contributed by atoms with E-state index in [-0.39, 0.29) is 19.0 Å². The Labute approximate surface area is 119 Å². The van der Waals surface area contributed by atoms with Crippen molar-refractivity contribution in [2.75, 3.05) is 36.5 Å². The molecule has 3 N–H and O–H groups in total. The second-order valence-corrected chi connectivity index (χ2v) is 5.55. The minimum atomic E-state index is -0.832. The van der Waals surface area contributed by atoms with Crippen LogP contribution < -0.4 is 10.2 Å². The van der Waals surface area contributed by atoms with Crippen LogP contribution in [0.5, 0.6) is 0 Å². The van der Waals surface area contributed by atoms with Crippen molar-refractivity contribution in [1.82, 2.24) is 0 Å². The number of nitrogens with one attached hydrogen (secondary N) is 1. The lowest BCUT2D eigenvalue weighted by Gasteiger charge is -2.32. The maximum absolute atomic E-state index is 14.1. The largest absolute Gasteiger partial charge is 0.394 e. The molecule has 0 radical (unpaired) electrons. The van der Waals surface area contributed by atoms with Crippen molar-refractivity contribution in [2.45, 2.75) is 25.9 Å². The van der Waals surface area contributed by atoms with E-state index >= 15 is 0 Å². The molecular weight excluding hydrogens is 259 g/mol. The van der Waals surface area contributed by atoms with Gasteiger partial charge in [0, 0.05) is 25.3 Å². The second-order valence-electron chi connectivity index (χ2n) is 5.55. The fourth-order valence-electron chi connectivity index (χ4n) is 2.42. The molecule has 0 spiro atoms. The maximum atomic E-state index is 14.1. The molecule has 1 atom stereocenters. The molecule has 1 aromatic rings. The van der Waals surface area contributed by atoms with E-state index in [1.807, 2.05) is 0 Å². The third-order valence-electron chi connectivity index (χ3n) is 3.82. The summed E-state index contributed by atoms with van der Waals surface area (Å²) in [6.07, 6.45) is 1.37. The average molecular weight is 282 g/mol. The summed E-state index contributed by atoms with van der Waals surface area (Å²) < 4.78 is 14.1. The highest BCUT2D eigenvalue weighted by Gasteiger charge is 2.18. The van der Waals surface area contributed by atoms with Crippen LogP contribution >= 0.6 is 0 Å². The Bertz CT molecular complexity index is 434. The highest BCUT2D eigenvalue weighted by molar-refractivity contribution is 5.56. The topological polar surface area (TPSA) is 55.7 Å². The first-order chi connectivity index (χ1) is 9.60. The number of aliphatic hydroxyl groups excluding tert-OH is 2. The zero-order valence-electron chi connectivity index (χ0n) is 11.8. The van der Waals surface area contributed by atoms with Crippen LogP contribution in [0.4, 0.5) is 15.8 Å². The predicted octanol–water partition coefficient (Wildman–Crippen LogP) is 1.83. The molecule has 0 aromatic heterocycles. The quantitative estimate of drug-likeness (QED) is 0.771. The normalized spacial score (nSPS) is 18.1. The number of anilines is 2. The van der Waals surface area contributed by atoms with E-state index in [0.717, 1.165) is 31.8 Å². The Morgan fingerprint density at radius 2 is 2.10 bits per heavy atom. The van der Waals surface area contributed by atoms with Crippen LogP contribution in [0.25, 0.3) is 0 Å². The molecule has 4 nitrogen and oxygen atoms in total. The van der Waals surface area contributed by atoms with Crippen molar-refractivity contribution >= 4 is 11.4 Å². The van der Waals surface area contributed by atoms with Crippen LogP contribution in [-0.4, -0.2) is 42.6 Å². The smallest absolute Gasteiger partial charge is 0.148 e. The third-order valence-corrected chi connectivity index (χ3v) is 3.82. The number of aliphatic hydroxyl groups is 2. The molecule has 0 aliphatic carbocycles. The van der Waals surface area contributed by atoms with Crippen LogP contribution in [0.15, 0.2) is 18.2 Å². The summed E-state index contributed by atoms with van der Waals surface area (Å²) >= 11 is 0. The van der Waals surface area contributed by atoms with Gasteiger partial charge in [0.05, 0.1) is 18.4 Å². The fraction of sp³-hybridized carbons (Fsp3) is 0.600. The van der Waals surface area contributed by atoms with Gasteiger partial charge in [0.1, 0.15) is 5.82 Å². The lowest BCUT2D eigenvalue weighted by molar-refractivity contribution is 0.105. The molecular formula is C15H23FN2O2. The second kappa shape index (κ2) is 6.90. The zero-order valence-corrected chi connectivity index (χ0v) is 11.8. The van der Waals surface area contributed by atoms with Crippen molar-refractivity contribution in [1.29, 1.82) is 0 Å². The van der Waals surface area contributed by atoms with Crippen LogP contribution in [0, 0.1) is 11.7 Å². The summed E-state index contributed by atoms with van der Waals surface area (Å²) in [5, 5.41) is 20.9. The number of piperidine rings is 1. The van der Waals surface area contributed by atoms with Gasteiger partial charge in [0.2, 0.25) is 0 Å². The molecule has 1 fully saturated rings. The lowest BCUT2D eigenvalue weighted by atomic mass is 9.99. The van der Waals surface area contributed by atoms with E-state index in [0.29, 0.717) is 11.4 Å². The Hall–Kier alpha value is -1.33. The zero-order chi connectivity index (χ0) is 14.5. The lowest BCUT2D eigenvalue weighted by Crippen LogP contribution is -2.33. The van der Waals surface area contributed by atoms with Crippen molar-refractivity contribution in [3.05, 3.63) is 24.0 Å². The molecule has 1 unspecified atom stereocenters. The molecule has 0 bridgehead atoms. The Kier molecular flexibility index (Phi) is 5.20. The van der Waals surface area contributed by atoms with Gasteiger partial charge in [0.15, 0.2) is 0 Å². The van der Waals surface area contributed by atoms with Crippen LogP contribution in [-0.2, 0) is 0 Å². The molecule has 0 amide bonds. The summed E-state index contributed by atoms with van der Waals surface area (Å²) in [6.45, 7) is 3.92. The first kappa shape index (κ1) is 15.1. The number of hydrogen-bond acceptors (Lipinski definition) is 4. The van der Waals surface area contributed by atoms with Gasteiger partial charge in [-0.05, 0) is 37.0 Å². The highest BCUT2D eigenvalue weighted by Crippen LogP contribution is 2.27. The summed E-state index contributed by atoms with van der Waals surface area (Å²) in [5.74, 6) is 0.471. The van der Waals surface area contributed by atoms with E-state index in [1.165, 1.54) is 6.07 Å². The van der Waals surface area contributed by atoms with Crippen LogP contribution in [0.3, 0.4) is 0 Å². The predicted molar refractivity (Wildman–Crippen MR) is 78.6 cm³/mol. The molecule has 112 valence electrons. The number of benzene rings is 1. The summed E-state index contributed by atoms with van der Waals surface area (Å²) in [4.78, 5) is 2.09. The van der Waals surface area contributed by atoms with Gasteiger partial charge in [-0.3, -0.25) is 0 Å². The third kappa shape index (κ3) is 3.84. The number of halogens is 1. The SMILES string of the molecule is CC1CCN(c2ccc(NCC(O)CO)cc2F)CC1. The molecule has 2 rings (SSSR count). The van der Waals surface area contributed by atoms with E-state index in [2.05, 4.69) is 17.1 Å². The Morgan fingerprint density at radius 1 is 1.40 bits per heavy atom. The van der Waals surface area contributed by atoms with Gasteiger partial charge in [0.25, 0.3) is 0 Å². The first-order valence-corrected chi connectivity index (χ1v) is 7.17. The molecule has 1 aliphatic rings. The van der Waals surface area contributed by atoms with Gasteiger partial charge >= 0.3 is 0 Å².